The molecule has 0 rings (SSSR count). The number of unbranched alkanes of at least 4 members (excludes halogenated alkanes) is 44. The van der Waals surface area contributed by atoms with Crippen LogP contribution < -0.4 is 0 Å². The topological polar surface area (TPSA) is 72.8 Å². The number of allylic oxidation sites excluding steroid dienone is 12. The highest BCUT2D eigenvalue weighted by Gasteiger charge is 2.16. The lowest BCUT2D eigenvalue weighted by Crippen LogP contribution is -2.28. The Balaban J connectivity index is 3.40. The molecule has 1 unspecified atom stereocenters. The molecule has 0 aliphatic heterocycles. The van der Waals surface area contributed by atoms with E-state index in [2.05, 4.69) is 86.8 Å². The lowest BCUT2D eigenvalue weighted by molar-refractivity contribution is -0.161. The van der Waals surface area contributed by atoms with Crippen molar-refractivity contribution in [2.24, 2.45) is 0 Å². The van der Waals surface area contributed by atoms with Gasteiger partial charge in [0.25, 0.3) is 0 Å². The number of aliphatic hydroxyl groups excluding tert-OH is 1. The molecule has 78 heavy (non-hydrogen) atoms. The predicted molar refractivity (Wildman–Crippen MR) is 343 cm³/mol. The lowest BCUT2D eigenvalue weighted by atomic mass is 10.0. The van der Waals surface area contributed by atoms with Crippen molar-refractivity contribution < 1.29 is 24.2 Å². The van der Waals surface area contributed by atoms with Gasteiger partial charge in [0.2, 0.25) is 0 Å². The van der Waals surface area contributed by atoms with Crippen LogP contribution in [0.2, 0.25) is 0 Å². The number of hydrogen-bond acceptors (Lipinski definition) is 5. The molecule has 0 heterocycles. The molecule has 0 saturated heterocycles. The quantitative estimate of drug-likeness (QED) is 0.0373. The first-order chi connectivity index (χ1) is 38.6. The zero-order valence-electron chi connectivity index (χ0n) is 52.2. The number of carbonyl (C=O) groups excluding carboxylic acids is 2. The minimum absolute atomic E-state index is 0.0766. The molecule has 5 heteroatoms. The van der Waals surface area contributed by atoms with Crippen molar-refractivity contribution in [1.82, 2.24) is 0 Å². The van der Waals surface area contributed by atoms with Crippen LogP contribution in [0.4, 0.5) is 0 Å². The number of ether oxygens (including phenoxy) is 2. The van der Waals surface area contributed by atoms with E-state index in [9.17, 15) is 14.7 Å². The largest absolute Gasteiger partial charge is 0.462 e. The van der Waals surface area contributed by atoms with Crippen LogP contribution in [0.15, 0.2) is 72.9 Å². The van der Waals surface area contributed by atoms with Crippen LogP contribution in [-0.2, 0) is 19.1 Å². The summed E-state index contributed by atoms with van der Waals surface area (Å²) in [6.07, 6.45) is 95.2. The van der Waals surface area contributed by atoms with Crippen molar-refractivity contribution in [2.45, 2.75) is 367 Å². The van der Waals surface area contributed by atoms with Crippen molar-refractivity contribution in [3.63, 3.8) is 0 Å². The zero-order valence-corrected chi connectivity index (χ0v) is 52.2. The number of rotatable bonds is 64. The average molecular weight is 1090 g/mol. The highest BCUT2D eigenvalue weighted by Crippen LogP contribution is 2.19. The SMILES string of the molecule is CC/C=C\C/C=C\C/C=C\C/C=C\C/C=C\C/C=C\CCCCCCC(=O)OC(CO)COC(=O)CCCCCCCCCCCCCCCCCCCCCCCCCCCCCCCCCCCCCCCCCCC. The first kappa shape index (κ1) is 75.3. The molecule has 1 N–H and O–H groups in total. The zero-order chi connectivity index (χ0) is 56.2. The second-order valence-electron chi connectivity index (χ2n) is 23.2. The predicted octanol–water partition coefficient (Wildman–Crippen LogP) is 23.9. The summed E-state index contributed by atoms with van der Waals surface area (Å²) in [6, 6.07) is 0. The third kappa shape index (κ3) is 65.9. The van der Waals surface area contributed by atoms with Crippen molar-refractivity contribution in [3.05, 3.63) is 72.9 Å². The summed E-state index contributed by atoms with van der Waals surface area (Å²) < 4.78 is 10.7. The minimum Gasteiger partial charge on any atom is -0.462 e. The summed E-state index contributed by atoms with van der Waals surface area (Å²) in [7, 11) is 0. The van der Waals surface area contributed by atoms with Crippen LogP contribution in [-0.4, -0.2) is 36.4 Å². The summed E-state index contributed by atoms with van der Waals surface area (Å²) in [5.74, 6) is -0.609. The van der Waals surface area contributed by atoms with E-state index in [4.69, 9.17) is 9.47 Å². The Bertz CT molecular complexity index is 1370. The highest BCUT2D eigenvalue weighted by molar-refractivity contribution is 5.70. The van der Waals surface area contributed by atoms with Crippen molar-refractivity contribution in [2.75, 3.05) is 13.2 Å². The molecule has 0 amide bonds. The van der Waals surface area contributed by atoms with Gasteiger partial charge in [0.15, 0.2) is 6.10 Å². The van der Waals surface area contributed by atoms with E-state index in [0.29, 0.717) is 12.8 Å². The van der Waals surface area contributed by atoms with Gasteiger partial charge in [0, 0.05) is 12.8 Å². The highest BCUT2D eigenvalue weighted by atomic mass is 16.6. The Kier molecular flexibility index (Phi) is 66.3. The van der Waals surface area contributed by atoms with Crippen LogP contribution >= 0.6 is 0 Å². The molecule has 0 aromatic heterocycles. The van der Waals surface area contributed by atoms with E-state index < -0.39 is 6.10 Å². The maximum atomic E-state index is 12.3. The molecule has 0 aliphatic carbocycles. The standard InChI is InChI=1S/C73H132O5/c1-3-5-7-9-11-13-15-17-19-21-23-25-27-28-29-30-31-32-33-34-35-36-37-38-39-40-41-42-43-44-46-47-49-51-53-55-57-59-61-63-65-67-72(75)77-70-71(69-74)78-73(76)68-66-64-62-60-58-56-54-52-50-48-45-26-24-22-20-18-16-14-12-10-8-6-4-2/h6,8,12,14,18,20,24,26,48,50,54,56,71,74H,3-5,7,9-11,13,15-17,19,21-23,25,27-47,49,51-53,55,57-70H2,1-2H3/b8-6-,14-12-,20-18-,26-24-,50-48-,56-54-. The lowest BCUT2D eigenvalue weighted by Gasteiger charge is -2.15. The van der Waals surface area contributed by atoms with Crippen LogP contribution in [0.25, 0.3) is 0 Å². The molecule has 0 aromatic rings. The van der Waals surface area contributed by atoms with Gasteiger partial charge in [0.05, 0.1) is 6.61 Å². The van der Waals surface area contributed by atoms with Crippen LogP contribution in [0.3, 0.4) is 0 Å². The normalized spacial score (nSPS) is 12.6. The first-order valence-corrected chi connectivity index (χ1v) is 34.5. The van der Waals surface area contributed by atoms with Crippen molar-refractivity contribution in [1.29, 1.82) is 0 Å². The minimum atomic E-state index is -0.790. The van der Waals surface area contributed by atoms with E-state index in [0.717, 1.165) is 89.9 Å². The average Bonchev–Trinajstić information content (AvgIpc) is 3.44. The molecule has 0 aromatic carbocycles. The Morgan fingerprint density at radius 1 is 0.308 bits per heavy atom. The third-order valence-corrected chi connectivity index (χ3v) is 15.5. The van der Waals surface area contributed by atoms with Gasteiger partial charge in [0.1, 0.15) is 6.61 Å². The van der Waals surface area contributed by atoms with Gasteiger partial charge in [-0.3, -0.25) is 9.59 Å². The third-order valence-electron chi connectivity index (χ3n) is 15.5. The van der Waals surface area contributed by atoms with Crippen LogP contribution in [0, 0.1) is 0 Å². The maximum Gasteiger partial charge on any atom is 0.306 e. The molecule has 0 fully saturated rings. The summed E-state index contributed by atoms with van der Waals surface area (Å²) in [5.41, 5.74) is 0. The number of aliphatic hydroxyl groups is 1. The fraction of sp³-hybridized carbons (Fsp3) is 0.808. The fourth-order valence-corrected chi connectivity index (χ4v) is 10.4. The molecule has 454 valence electrons. The van der Waals surface area contributed by atoms with Gasteiger partial charge in [-0.05, 0) is 64.2 Å². The maximum absolute atomic E-state index is 12.3. The second kappa shape index (κ2) is 68.6. The number of carbonyl (C=O) groups is 2. The first-order valence-electron chi connectivity index (χ1n) is 34.5. The smallest absolute Gasteiger partial charge is 0.306 e. The number of esters is 2. The number of hydrogen-bond donors (Lipinski definition) is 1. The molecule has 0 aliphatic rings. The summed E-state index contributed by atoms with van der Waals surface area (Å²) >= 11 is 0. The Morgan fingerprint density at radius 3 is 0.833 bits per heavy atom. The van der Waals surface area contributed by atoms with Gasteiger partial charge >= 0.3 is 11.9 Å². The van der Waals surface area contributed by atoms with E-state index in [-0.39, 0.29) is 25.2 Å². The van der Waals surface area contributed by atoms with E-state index in [1.807, 2.05) is 0 Å². The molecule has 0 bridgehead atoms. The van der Waals surface area contributed by atoms with Crippen LogP contribution in [0.1, 0.15) is 361 Å². The van der Waals surface area contributed by atoms with E-state index in [1.54, 1.807) is 0 Å². The monoisotopic (exact) mass is 1090 g/mol. The van der Waals surface area contributed by atoms with E-state index in [1.165, 1.54) is 244 Å². The van der Waals surface area contributed by atoms with Crippen molar-refractivity contribution >= 4 is 11.9 Å². The van der Waals surface area contributed by atoms with Crippen molar-refractivity contribution in [3.8, 4) is 0 Å². The molecule has 0 saturated carbocycles. The second-order valence-corrected chi connectivity index (χ2v) is 23.2. The van der Waals surface area contributed by atoms with E-state index >= 15 is 0 Å². The Morgan fingerprint density at radius 2 is 0.551 bits per heavy atom. The van der Waals surface area contributed by atoms with Gasteiger partial charge in [-0.1, -0.05) is 356 Å². The summed E-state index contributed by atoms with van der Waals surface area (Å²) in [4.78, 5) is 24.6. The molecule has 0 radical (unpaired) electrons. The molecular weight excluding hydrogens is 957 g/mol. The van der Waals surface area contributed by atoms with Gasteiger partial charge in [-0.25, -0.2) is 0 Å². The Labute approximate surface area is 486 Å². The summed E-state index contributed by atoms with van der Waals surface area (Å²) in [5, 5.41) is 9.68. The molecule has 5 nitrogen and oxygen atoms in total. The molecule has 1 atom stereocenters. The Hall–Kier alpha value is -2.66. The molecule has 0 spiro atoms. The molecular formula is C73H132O5. The summed E-state index contributed by atoms with van der Waals surface area (Å²) in [6.45, 7) is 4.05. The van der Waals surface area contributed by atoms with Gasteiger partial charge < -0.3 is 14.6 Å². The fourth-order valence-electron chi connectivity index (χ4n) is 10.4. The van der Waals surface area contributed by atoms with Crippen LogP contribution in [0.5, 0.6) is 0 Å². The van der Waals surface area contributed by atoms with Gasteiger partial charge in [-0.15, -0.1) is 0 Å². The van der Waals surface area contributed by atoms with Gasteiger partial charge in [-0.2, -0.15) is 0 Å².